The summed E-state index contributed by atoms with van der Waals surface area (Å²) in [6, 6.07) is 0. The van der Waals surface area contributed by atoms with Gasteiger partial charge in [-0.1, -0.05) is 0 Å². The van der Waals surface area contributed by atoms with Crippen molar-refractivity contribution in [1.29, 1.82) is 0 Å². The van der Waals surface area contributed by atoms with E-state index < -0.39 is 59.9 Å². The molecule has 0 unspecified atom stereocenters. The smallest absolute Gasteiger partial charge is 0.869 e. The summed E-state index contributed by atoms with van der Waals surface area (Å²) in [4.78, 5) is 19.6. The molecule has 0 fully saturated rings. The summed E-state index contributed by atoms with van der Waals surface area (Å²) in [5, 5.41) is 19.6. The van der Waals surface area contributed by atoms with Gasteiger partial charge in [0.05, 0.1) is 0 Å². The van der Waals surface area contributed by atoms with E-state index in [0.717, 1.165) is 0 Å². The van der Waals surface area contributed by atoms with E-state index in [0.29, 0.717) is 0 Å². The fraction of sp³-hybridized carbons (Fsp3) is 0.400. The van der Waals surface area contributed by atoms with E-state index in [2.05, 4.69) is 0 Å². The normalized spacial score (nSPS) is 13.9. The Morgan fingerprint density at radius 1 is 0.519 bits per heavy atom. The van der Waals surface area contributed by atoms with E-state index in [1.54, 1.807) is 0 Å². The van der Waals surface area contributed by atoms with E-state index in [9.17, 15) is 72.5 Å². The van der Waals surface area contributed by atoms with Gasteiger partial charge in [0.25, 0.3) is 11.6 Å². The zero-order valence-corrected chi connectivity index (χ0v) is 12.6. The zero-order chi connectivity index (χ0) is 21.7. The molecule has 0 saturated carbocycles. The predicted molar refractivity (Wildman–Crippen MR) is 50.4 cm³/mol. The number of allylic oxidation sites excluding steroid dienone is 4. The van der Waals surface area contributed by atoms with Crippen molar-refractivity contribution in [2.24, 2.45) is 0 Å². The molecule has 0 saturated heterocycles. The second kappa shape index (κ2) is 9.85. The third-order valence-electron chi connectivity index (χ3n) is 1.64. The third-order valence-corrected chi connectivity index (χ3v) is 1.64. The van der Waals surface area contributed by atoms with Crippen molar-refractivity contribution in [1.82, 2.24) is 0 Å². The van der Waals surface area contributed by atoms with Crippen molar-refractivity contribution in [2.75, 3.05) is 0 Å². The van der Waals surface area contributed by atoms with Crippen LogP contribution in [0.5, 0.6) is 0 Å². The molecule has 0 aliphatic rings. The monoisotopic (exact) mass is 472 g/mol. The molecular weight excluding hydrogens is 471 g/mol. The molecular formula is C10H2F12NiO4. The van der Waals surface area contributed by atoms with Gasteiger partial charge in [-0.15, -0.1) is 0 Å². The van der Waals surface area contributed by atoms with Gasteiger partial charge in [0.2, 0.25) is 0 Å². The van der Waals surface area contributed by atoms with Gasteiger partial charge in [0.15, 0.2) is 0 Å². The fourth-order valence-corrected chi connectivity index (χ4v) is 0.565. The van der Waals surface area contributed by atoms with Crippen molar-refractivity contribution < 1.29 is 89.0 Å². The van der Waals surface area contributed by atoms with Crippen LogP contribution in [0.4, 0.5) is 52.7 Å². The summed E-state index contributed by atoms with van der Waals surface area (Å²) in [6.45, 7) is 0. The van der Waals surface area contributed by atoms with Crippen LogP contribution >= 0.6 is 0 Å². The van der Waals surface area contributed by atoms with Crippen LogP contribution in [0.15, 0.2) is 23.7 Å². The first kappa shape index (κ1) is 29.8. The number of hydrogen-bond acceptors (Lipinski definition) is 4. The molecule has 27 heavy (non-hydrogen) atoms. The van der Waals surface area contributed by atoms with Gasteiger partial charge in [-0.05, 0) is 23.7 Å². The molecule has 0 spiro atoms. The quantitative estimate of drug-likeness (QED) is 0.266. The number of alkyl halides is 12. The van der Waals surface area contributed by atoms with E-state index in [-0.39, 0.29) is 16.5 Å². The molecule has 0 rings (SSSR count). The van der Waals surface area contributed by atoms with Crippen LogP contribution < -0.4 is 10.2 Å². The first-order valence-corrected chi connectivity index (χ1v) is 5.24. The number of carbonyl (C=O) groups is 2. The molecule has 0 aromatic rings. The van der Waals surface area contributed by atoms with Crippen molar-refractivity contribution in [3.63, 3.8) is 0 Å². The Hall–Kier alpha value is -1.93. The van der Waals surface area contributed by atoms with Gasteiger partial charge in [0, 0.05) is 0 Å². The van der Waals surface area contributed by atoms with Gasteiger partial charge in [0.1, 0.15) is 0 Å². The number of rotatable bonds is 2. The maximum absolute atomic E-state index is 11.3. The van der Waals surface area contributed by atoms with Gasteiger partial charge in [-0.3, -0.25) is 9.59 Å². The number of halogens is 12. The first-order valence-electron chi connectivity index (χ1n) is 5.24. The molecule has 0 aromatic carbocycles. The minimum absolute atomic E-state index is 0. The zero-order valence-electron chi connectivity index (χ0n) is 11.6. The molecule has 0 aromatic heterocycles. The van der Waals surface area contributed by atoms with E-state index in [1.165, 1.54) is 0 Å². The Bertz CT molecular complexity index is 527. The Labute approximate surface area is 150 Å². The van der Waals surface area contributed by atoms with Crippen molar-refractivity contribution in [3.8, 4) is 0 Å². The Morgan fingerprint density at radius 2 is 0.704 bits per heavy atom. The largest absolute Gasteiger partial charge is 2.00 e. The van der Waals surface area contributed by atoms with Gasteiger partial charge in [-0.25, -0.2) is 0 Å². The van der Waals surface area contributed by atoms with Crippen molar-refractivity contribution in [3.05, 3.63) is 23.7 Å². The molecule has 0 atom stereocenters. The van der Waals surface area contributed by atoms with E-state index >= 15 is 0 Å². The van der Waals surface area contributed by atoms with Crippen LogP contribution in [0.25, 0.3) is 0 Å². The molecule has 4 nitrogen and oxygen atoms in total. The topological polar surface area (TPSA) is 80.3 Å². The fourth-order valence-electron chi connectivity index (χ4n) is 0.565. The Balaban J connectivity index is -0.000000411. The van der Waals surface area contributed by atoms with Gasteiger partial charge >= 0.3 is 41.2 Å². The second-order valence-electron chi connectivity index (χ2n) is 3.74. The summed E-state index contributed by atoms with van der Waals surface area (Å²) in [5.74, 6) is -11.3. The first-order chi connectivity index (χ1) is 11.1. The minimum atomic E-state index is -5.46. The second-order valence-corrected chi connectivity index (χ2v) is 3.74. The molecule has 0 radical (unpaired) electrons. The Morgan fingerprint density at radius 3 is 0.815 bits per heavy atom. The average molecular weight is 473 g/mol. The van der Waals surface area contributed by atoms with Gasteiger partial charge in [-0.2, -0.15) is 52.7 Å². The predicted octanol–water partition coefficient (Wildman–Crippen LogP) is 1.85. The minimum Gasteiger partial charge on any atom is -0.869 e. The van der Waals surface area contributed by atoms with Crippen LogP contribution in [0.1, 0.15) is 0 Å². The summed E-state index contributed by atoms with van der Waals surface area (Å²) >= 11 is 0. The number of carbonyl (C=O) groups excluding carboxylic acids is 2. The van der Waals surface area contributed by atoms with Crippen molar-refractivity contribution >= 4 is 11.6 Å². The number of ketones is 2. The van der Waals surface area contributed by atoms with Crippen LogP contribution in [-0.2, 0) is 26.1 Å². The summed E-state index contributed by atoms with van der Waals surface area (Å²) in [6.07, 6.45) is -23.9. The molecule has 0 aliphatic heterocycles. The van der Waals surface area contributed by atoms with Crippen LogP contribution in [-0.4, -0.2) is 36.3 Å². The standard InChI is InChI=1S/2C5H2F6O2.Ni/c2*6-4(7,8)2(12)1-3(13)5(9,10)11;/h2*1,12H;/q;;+2/p-2. The van der Waals surface area contributed by atoms with Crippen molar-refractivity contribution in [2.45, 2.75) is 24.7 Å². The van der Waals surface area contributed by atoms with Gasteiger partial charge < -0.3 is 10.2 Å². The van der Waals surface area contributed by atoms with Crippen LogP contribution in [0.2, 0.25) is 0 Å². The average Bonchev–Trinajstić information content (AvgIpc) is 2.34. The molecule has 0 amide bonds. The van der Waals surface area contributed by atoms with E-state index in [4.69, 9.17) is 0 Å². The van der Waals surface area contributed by atoms with E-state index in [1.807, 2.05) is 0 Å². The van der Waals surface area contributed by atoms with Crippen LogP contribution in [0, 0.1) is 0 Å². The summed E-state index contributed by atoms with van der Waals surface area (Å²) in [5.41, 5.74) is 0. The molecule has 17 heteroatoms. The molecule has 0 N–H and O–H groups in total. The SMILES string of the molecule is O=C(C=C([O-])C(F)(F)F)C(F)(F)F.O=C(C=C([O-])C(F)(F)F)C(F)(F)F.[Ni+2]. The molecule has 0 heterocycles. The molecule has 160 valence electrons. The maximum Gasteiger partial charge on any atom is 2.00 e. The van der Waals surface area contributed by atoms with Crippen LogP contribution in [0.3, 0.4) is 0 Å². The third kappa shape index (κ3) is 13.0. The molecule has 0 bridgehead atoms. The molecule has 0 aliphatic carbocycles. The summed E-state index contributed by atoms with van der Waals surface area (Å²) < 4.78 is 136. The Kier molecular flexibility index (Phi) is 10.9. The maximum atomic E-state index is 11.3. The number of hydrogen-bond donors (Lipinski definition) is 0. The summed E-state index contributed by atoms with van der Waals surface area (Å²) in [7, 11) is 0.